The first kappa shape index (κ1) is 13.5. The van der Waals surface area contributed by atoms with Gasteiger partial charge >= 0.3 is 5.97 Å². The number of rotatable bonds is 3. The van der Waals surface area contributed by atoms with Gasteiger partial charge in [0.25, 0.3) is 0 Å². The first-order valence-electron chi connectivity index (χ1n) is 5.72. The second-order valence-electron chi connectivity index (χ2n) is 4.25. The summed E-state index contributed by atoms with van der Waals surface area (Å²) in [5.74, 6) is -0.374. The molecule has 0 amide bonds. The average molecular weight is 280 g/mol. The highest BCUT2D eigenvalue weighted by molar-refractivity contribution is 6.31. The number of aryl methyl sites for hydroxylation is 1. The van der Waals surface area contributed by atoms with Crippen LogP contribution in [-0.4, -0.2) is 22.8 Å². The molecule has 0 spiro atoms. The predicted molar refractivity (Wildman–Crippen MR) is 73.8 cm³/mol. The Labute approximate surface area is 116 Å². The number of benzene rings is 1. The Hall–Kier alpha value is -1.94. The molecule has 4 nitrogen and oxygen atoms in total. The number of halogens is 1. The zero-order chi connectivity index (χ0) is 14.2. The lowest BCUT2D eigenvalue weighted by Gasteiger charge is -2.14. The Morgan fingerprint density at radius 3 is 2.47 bits per heavy atom. The van der Waals surface area contributed by atoms with Gasteiger partial charge in [-0.3, -0.25) is 0 Å². The number of ether oxygens (including phenoxy) is 1. The van der Waals surface area contributed by atoms with Crippen molar-refractivity contribution < 1.29 is 14.6 Å². The minimum atomic E-state index is -0.975. The Bertz CT molecular complexity index is 646. The van der Waals surface area contributed by atoms with Crippen LogP contribution in [0.4, 0.5) is 0 Å². The second kappa shape index (κ2) is 4.97. The van der Waals surface area contributed by atoms with Gasteiger partial charge in [0, 0.05) is 11.4 Å². The Kier molecular flexibility index (Phi) is 3.53. The van der Waals surface area contributed by atoms with Gasteiger partial charge in [0.05, 0.1) is 23.4 Å². The van der Waals surface area contributed by atoms with E-state index in [0.717, 1.165) is 11.4 Å². The Morgan fingerprint density at radius 2 is 2.00 bits per heavy atom. The highest BCUT2D eigenvalue weighted by Gasteiger charge is 2.15. The fourth-order valence-corrected chi connectivity index (χ4v) is 2.33. The van der Waals surface area contributed by atoms with Crippen molar-refractivity contribution in [3.8, 4) is 11.4 Å². The molecule has 0 fully saturated rings. The maximum absolute atomic E-state index is 11.1. The van der Waals surface area contributed by atoms with Gasteiger partial charge in [-0.2, -0.15) is 0 Å². The van der Waals surface area contributed by atoms with Crippen LogP contribution in [0.15, 0.2) is 24.3 Å². The smallest absolute Gasteiger partial charge is 0.335 e. The van der Waals surface area contributed by atoms with E-state index in [2.05, 4.69) is 0 Å². The summed E-state index contributed by atoms with van der Waals surface area (Å²) >= 11 is 6.10. The molecule has 2 rings (SSSR count). The summed E-state index contributed by atoms with van der Waals surface area (Å²) in [4.78, 5) is 11.1. The monoisotopic (exact) mass is 279 g/mol. The van der Waals surface area contributed by atoms with E-state index < -0.39 is 5.97 Å². The molecular weight excluding hydrogens is 266 g/mol. The van der Waals surface area contributed by atoms with Crippen LogP contribution >= 0.6 is 11.6 Å². The normalized spacial score (nSPS) is 10.5. The van der Waals surface area contributed by atoms with Crippen LogP contribution in [0.25, 0.3) is 5.69 Å². The third-order valence-electron chi connectivity index (χ3n) is 3.04. The van der Waals surface area contributed by atoms with Crippen LogP contribution in [0.5, 0.6) is 5.75 Å². The molecule has 1 heterocycles. The van der Waals surface area contributed by atoms with Crippen molar-refractivity contribution in [2.45, 2.75) is 13.8 Å². The molecule has 0 aliphatic heterocycles. The molecule has 0 radical (unpaired) electrons. The van der Waals surface area contributed by atoms with Crippen LogP contribution in [0.3, 0.4) is 0 Å². The number of nitrogens with zero attached hydrogens (tertiary/aromatic N) is 1. The average Bonchev–Trinajstić information content (AvgIpc) is 2.62. The number of aromatic carboxylic acids is 1. The molecule has 2 aromatic rings. The van der Waals surface area contributed by atoms with E-state index in [0.29, 0.717) is 16.5 Å². The van der Waals surface area contributed by atoms with Crippen molar-refractivity contribution in [3.63, 3.8) is 0 Å². The minimum absolute atomic E-state index is 0.208. The lowest BCUT2D eigenvalue weighted by atomic mass is 10.1. The quantitative estimate of drug-likeness (QED) is 0.936. The summed E-state index contributed by atoms with van der Waals surface area (Å²) in [7, 11) is 1.55. The molecule has 1 aromatic heterocycles. The van der Waals surface area contributed by atoms with E-state index in [9.17, 15) is 4.79 Å². The number of methoxy groups -OCH3 is 1. The first-order valence-corrected chi connectivity index (χ1v) is 6.09. The van der Waals surface area contributed by atoms with Gasteiger partial charge in [0.2, 0.25) is 0 Å². The maximum atomic E-state index is 11.1. The largest absolute Gasteiger partial charge is 0.495 e. The van der Waals surface area contributed by atoms with Gasteiger partial charge in [0.15, 0.2) is 0 Å². The van der Waals surface area contributed by atoms with Crippen molar-refractivity contribution in [2.24, 2.45) is 0 Å². The number of carboxylic acids is 1. The maximum Gasteiger partial charge on any atom is 0.335 e. The number of hydrogen-bond acceptors (Lipinski definition) is 2. The number of carboxylic acid groups (broad SMARTS) is 1. The molecule has 1 N–H and O–H groups in total. The van der Waals surface area contributed by atoms with Gasteiger partial charge in [-0.1, -0.05) is 11.6 Å². The van der Waals surface area contributed by atoms with E-state index in [4.69, 9.17) is 21.4 Å². The zero-order valence-electron chi connectivity index (χ0n) is 10.9. The van der Waals surface area contributed by atoms with Crippen molar-refractivity contribution in [1.29, 1.82) is 0 Å². The van der Waals surface area contributed by atoms with Crippen LogP contribution in [0.2, 0.25) is 5.02 Å². The molecule has 100 valence electrons. The third-order valence-corrected chi connectivity index (χ3v) is 3.42. The predicted octanol–water partition coefficient (Wildman–Crippen LogP) is 3.45. The molecule has 1 aromatic carbocycles. The molecular formula is C14H14ClNO3. The van der Waals surface area contributed by atoms with Gasteiger partial charge in [-0.05, 0) is 38.1 Å². The SMILES string of the molecule is COc1ccc(C(=O)O)cc1-n1c(C)cc(Cl)c1C. The Balaban J connectivity index is 2.72. The minimum Gasteiger partial charge on any atom is -0.495 e. The van der Waals surface area contributed by atoms with Crippen molar-refractivity contribution >= 4 is 17.6 Å². The van der Waals surface area contributed by atoms with E-state index in [1.165, 1.54) is 6.07 Å². The lowest BCUT2D eigenvalue weighted by Crippen LogP contribution is -2.05. The fraction of sp³-hybridized carbons (Fsp3) is 0.214. The number of carbonyl (C=O) groups is 1. The molecule has 0 aliphatic carbocycles. The lowest BCUT2D eigenvalue weighted by molar-refractivity contribution is 0.0697. The van der Waals surface area contributed by atoms with Crippen LogP contribution in [-0.2, 0) is 0 Å². The summed E-state index contributed by atoms with van der Waals surface area (Å²) in [6.07, 6.45) is 0. The molecule has 0 bridgehead atoms. The van der Waals surface area contributed by atoms with Gasteiger partial charge < -0.3 is 14.4 Å². The Morgan fingerprint density at radius 1 is 1.32 bits per heavy atom. The standard InChI is InChI=1S/C14H14ClNO3/c1-8-6-11(15)9(2)16(8)12-7-10(14(17)18)4-5-13(12)19-3/h4-7H,1-3H3,(H,17,18). The van der Waals surface area contributed by atoms with Crippen molar-refractivity contribution in [2.75, 3.05) is 7.11 Å². The molecule has 5 heteroatoms. The summed E-state index contributed by atoms with van der Waals surface area (Å²) in [6.45, 7) is 3.79. The topological polar surface area (TPSA) is 51.5 Å². The van der Waals surface area contributed by atoms with Crippen LogP contribution in [0, 0.1) is 13.8 Å². The molecule has 0 saturated carbocycles. The third kappa shape index (κ3) is 2.31. The molecule has 0 aliphatic rings. The summed E-state index contributed by atoms with van der Waals surface area (Å²) in [5.41, 5.74) is 2.65. The highest BCUT2D eigenvalue weighted by atomic mass is 35.5. The molecule has 19 heavy (non-hydrogen) atoms. The van der Waals surface area contributed by atoms with Crippen molar-refractivity contribution in [1.82, 2.24) is 4.57 Å². The molecule has 0 atom stereocenters. The van der Waals surface area contributed by atoms with Gasteiger partial charge in [0.1, 0.15) is 5.75 Å². The summed E-state index contributed by atoms with van der Waals surface area (Å²) in [5, 5.41) is 9.73. The van der Waals surface area contributed by atoms with E-state index in [1.54, 1.807) is 19.2 Å². The van der Waals surface area contributed by atoms with Gasteiger partial charge in [-0.25, -0.2) is 4.79 Å². The zero-order valence-corrected chi connectivity index (χ0v) is 11.7. The summed E-state index contributed by atoms with van der Waals surface area (Å²) < 4.78 is 7.18. The molecule has 0 unspecified atom stereocenters. The number of aromatic nitrogens is 1. The fourth-order valence-electron chi connectivity index (χ4n) is 2.09. The first-order chi connectivity index (χ1) is 8.95. The van der Waals surface area contributed by atoms with Crippen LogP contribution < -0.4 is 4.74 Å². The van der Waals surface area contributed by atoms with Crippen molar-refractivity contribution in [3.05, 3.63) is 46.2 Å². The van der Waals surface area contributed by atoms with Crippen LogP contribution in [0.1, 0.15) is 21.7 Å². The second-order valence-corrected chi connectivity index (χ2v) is 4.65. The van der Waals surface area contributed by atoms with E-state index in [1.807, 2.05) is 24.5 Å². The molecule has 0 saturated heterocycles. The van der Waals surface area contributed by atoms with Gasteiger partial charge in [-0.15, -0.1) is 0 Å². The highest BCUT2D eigenvalue weighted by Crippen LogP contribution is 2.30. The summed E-state index contributed by atoms with van der Waals surface area (Å²) in [6, 6.07) is 6.58. The number of hydrogen-bond donors (Lipinski definition) is 1. The van der Waals surface area contributed by atoms with E-state index in [-0.39, 0.29) is 5.56 Å². The van der Waals surface area contributed by atoms with E-state index >= 15 is 0 Å².